The van der Waals surface area contributed by atoms with Crippen LogP contribution in [-0.2, 0) is 0 Å². The lowest BCUT2D eigenvalue weighted by Gasteiger charge is -2.34. The molecule has 1 aliphatic rings. The van der Waals surface area contributed by atoms with Crippen molar-refractivity contribution >= 4 is 23.0 Å². The highest BCUT2D eigenvalue weighted by Crippen LogP contribution is 2.14. The molecule has 0 saturated carbocycles. The number of fused-ring (bicyclic) bond motifs is 1. The average Bonchev–Trinajstić information content (AvgIpc) is 3.10. The van der Waals surface area contributed by atoms with E-state index in [9.17, 15) is 4.79 Å². The van der Waals surface area contributed by atoms with Crippen LogP contribution in [0.4, 0.5) is 5.95 Å². The molecule has 0 bridgehead atoms. The molecule has 23 heavy (non-hydrogen) atoms. The summed E-state index contributed by atoms with van der Waals surface area (Å²) in [6.07, 6.45) is 6.61. The Balaban J connectivity index is 1.46. The van der Waals surface area contributed by atoms with Gasteiger partial charge in [-0.2, -0.15) is 0 Å². The van der Waals surface area contributed by atoms with Crippen LogP contribution in [0.25, 0.3) is 11.2 Å². The molecule has 8 nitrogen and oxygen atoms in total. The maximum atomic E-state index is 12.6. The number of nitrogens with zero attached hydrogens (tertiary/aromatic N) is 6. The fourth-order valence-electron chi connectivity index (χ4n) is 2.69. The standard InChI is InChI=1S/C15H15N7O/c23-14(11-8-12-13(18-9-11)20-10-19-12)21-4-6-22(7-5-21)15-16-2-1-3-17-15/h1-3,8-10H,4-7H2,(H,18,19,20). The van der Waals surface area contributed by atoms with Gasteiger partial charge in [0.05, 0.1) is 17.4 Å². The van der Waals surface area contributed by atoms with Crippen LogP contribution in [0.1, 0.15) is 10.4 Å². The van der Waals surface area contributed by atoms with Crippen LogP contribution in [0.15, 0.2) is 37.1 Å². The average molecular weight is 309 g/mol. The third-order valence-electron chi connectivity index (χ3n) is 3.92. The summed E-state index contributed by atoms with van der Waals surface area (Å²) in [6.45, 7) is 2.71. The van der Waals surface area contributed by atoms with Crippen molar-refractivity contribution in [3.63, 3.8) is 0 Å². The van der Waals surface area contributed by atoms with Gasteiger partial charge in [0.1, 0.15) is 0 Å². The summed E-state index contributed by atoms with van der Waals surface area (Å²) >= 11 is 0. The molecule has 8 heteroatoms. The molecule has 4 rings (SSSR count). The number of anilines is 1. The number of carbonyl (C=O) groups is 1. The van der Waals surface area contributed by atoms with E-state index in [2.05, 4.69) is 29.8 Å². The summed E-state index contributed by atoms with van der Waals surface area (Å²) in [5.41, 5.74) is 1.96. The lowest BCUT2D eigenvalue weighted by Crippen LogP contribution is -2.49. The highest BCUT2D eigenvalue weighted by atomic mass is 16.2. The number of imidazole rings is 1. The van der Waals surface area contributed by atoms with Crippen molar-refractivity contribution in [1.82, 2.24) is 29.8 Å². The normalized spacial score (nSPS) is 15.1. The molecule has 1 N–H and O–H groups in total. The summed E-state index contributed by atoms with van der Waals surface area (Å²) < 4.78 is 0. The van der Waals surface area contributed by atoms with Gasteiger partial charge < -0.3 is 14.8 Å². The first-order valence-corrected chi connectivity index (χ1v) is 7.41. The number of aromatic amines is 1. The third-order valence-corrected chi connectivity index (χ3v) is 3.92. The van der Waals surface area contributed by atoms with Crippen molar-refractivity contribution in [3.8, 4) is 0 Å². The van der Waals surface area contributed by atoms with Gasteiger partial charge in [0.2, 0.25) is 5.95 Å². The molecule has 1 aliphatic heterocycles. The van der Waals surface area contributed by atoms with E-state index in [4.69, 9.17) is 0 Å². The molecule has 1 saturated heterocycles. The van der Waals surface area contributed by atoms with E-state index in [1.54, 1.807) is 37.1 Å². The monoisotopic (exact) mass is 309 g/mol. The minimum absolute atomic E-state index is 0.0115. The summed E-state index contributed by atoms with van der Waals surface area (Å²) in [4.78, 5) is 36.3. The summed E-state index contributed by atoms with van der Waals surface area (Å²) in [7, 11) is 0. The predicted molar refractivity (Wildman–Crippen MR) is 84.0 cm³/mol. The van der Waals surface area contributed by atoms with Gasteiger partial charge in [-0.1, -0.05) is 0 Å². The number of aromatic nitrogens is 5. The van der Waals surface area contributed by atoms with Gasteiger partial charge in [0, 0.05) is 44.8 Å². The van der Waals surface area contributed by atoms with Crippen LogP contribution in [0.3, 0.4) is 0 Å². The molecule has 116 valence electrons. The van der Waals surface area contributed by atoms with Gasteiger partial charge in [-0.05, 0) is 12.1 Å². The Labute approximate surface area is 132 Å². The Hall–Kier alpha value is -3.03. The smallest absolute Gasteiger partial charge is 0.255 e. The second kappa shape index (κ2) is 5.64. The van der Waals surface area contributed by atoms with Gasteiger partial charge in [-0.15, -0.1) is 0 Å². The summed E-state index contributed by atoms with van der Waals surface area (Å²) in [5.74, 6) is 0.697. The molecule has 3 aromatic heterocycles. The highest BCUT2D eigenvalue weighted by Gasteiger charge is 2.23. The molecule has 0 aromatic carbocycles. The van der Waals surface area contributed by atoms with E-state index >= 15 is 0 Å². The van der Waals surface area contributed by atoms with Gasteiger partial charge >= 0.3 is 0 Å². The molecular weight excluding hydrogens is 294 g/mol. The number of nitrogens with one attached hydrogen (secondary N) is 1. The topological polar surface area (TPSA) is 90.9 Å². The van der Waals surface area contributed by atoms with E-state index in [-0.39, 0.29) is 5.91 Å². The third kappa shape index (κ3) is 2.59. The number of rotatable bonds is 2. The van der Waals surface area contributed by atoms with E-state index < -0.39 is 0 Å². The van der Waals surface area contributed by atoms with Crippen molar-refractivity contribution in [1.29, 1.82) is 0 Å². The quantitative estimate of drug-likeness (QED) is 0.750. The van der Waals surface area contributed by atoms with Crippen molar-refractivity contribution in [2.75, 3.05) is 31.1 Å². The van der Waals surface area contributed by atoms with Gasteiger partial charge in [0.15, 0.2) is 5.65 Å². The SMILES string of the molecule is O=C(c1cnc2nc[nH]c2c1)N1CCN(c2ncccn2)CC1. The fourth-order valence-corrected chi connectivity index (χ4v) is 2.69. The predicted octanol–water partition coefficient (Wildman–Crippen LogP) is 0.710. The molecule has 4 heterocycles. The van der Waals surface area contributed by atoms with Crippen molar-refractivity contribution in [3.05, 3.63) is 42.6 Å². The summed E-state index contributed by atoms with van der Waals surface area (Å²) in [5, 5.41) is 0. The van der Waals surface area contributed by atoms with Crippen LogP contribution in [0, 0.1) is 0 Å². The first-order valence-electron chi connectivity index (χ1n) is 7.41. The van der Waals surface area contributed by atoms with Crippen LogP contribution < -0.4 is 4.90 Å². The van der Waals surface area contributed by atoms with Crippen LogP contribution in [0.5, 0.6) is 0 Å². The number of hydrogen-bond donors (Lipinski definition) is 1. The molecule has 0 unspecified atom stereocenters. The lowest BCUT2D eigenvalue weighted by atomic mass is 10.2. The van der Waals surface area contributed by atoms with Gasteiger partial charge in [-0.3, -0.25) is 4.79 Å². The largest absolute Gasteiger partial charge is 0.343 e. The molecule has 3 aromatic rings. The van der Waals surface area contributed by atoms with E-state index in [1.165, 1.54) is 0 Å². The first-order chi connectivity index (χ1) is 11.3. The molecule has 1 fully saturated rings. The second-order valence-electron chi connectivity index (χ2n) is 5.33. The maximum absolute atomic E-state index is 12.6. The van der Waals surface area contributed by atoms with E-state index in [0.29, 0.717) is 30.2 Å². The zero-order chi connectivity index (χ0) is 15.6. The number of amides is 1. The molecule has 0 atom stereocenters. The number of pyridine rings is 1. The van der Waals surface area contributed by atoms with E-state index in [1.807, 2.05) is 4.90 Å². The molecule has 0 aliphatic carbocycles. The minimum atomic E-state index is -0.0115. The lowest BCUT2D eigenvalue weighted by molar-refractivity contribution is 0.0746. The fraction of sp³-hybridized carbons (Fsp3) is 0.267. The van der Waals surface area contributed by atoms with Crippen LogP contribution in [-0.4, -0.2) is 61.9 Å². The van der Waals surface area contributed by atoms with Crippen molar-refractivity contribution < 1.29 is 4.79 Å². The zero-order valence-corrected chi connectivity index (χ0v) is 12.4. The minimum Gasteiger partial charge on any atom is -0.343 e. The van der Waals surface area contributed by atoms with Gasteiger partial charge in [-0.25, -0.2) is 19.9 Å². The number of H-pyrrole nitrogens is 1. The highest BCUT2D eigenvalue weighted by molar-refractivity contribution is 5.96. The maximum Gasteiger partial charge on any atom is 0.255 e. The van der Waals surface area contributed by atoms with Crippen molar-refractivity contribution in [2.24, 2.45) is 0 Å². The van der Waals surface area contributed by atoms with Crippen molar-refractivity contribution in [2.45, 2.75) is 0 Å². The Bertz CT molecular complexity index is 824. The second-order valence-corrected chi connectivity index (χ2v) is 5.33. The summed E-state index contributed by atoms with van der Waals surface area (Å²) in [6, 6.07) is 3.59. The Morgan fingerprint density at radius 2 is 1.83 bits per heavy atom. The molecular formula is C15H15N7O. The van der Waals surface area contributed by atoms with Gasteiger partial charge in [0.25, 0.3) is 5.91 Å². The first kappa shape index (κ1) is 13.6. The Kier molecular flexibility index (Phi) is 3.34. The Morgan fingerprint density at radius 3 is 2.61 bits per heavy atom. The zero-order valence-electron chi connectivity index (χ0n) is 12.4. The number of piperazine rings is 1. The molecule has 0 spiro atoms. The van der Waals surface area contributed by atoms with Crippen LogP contribution in [0.2, 0.25) is 0 Å². The Morgan fingerprint density at radius 1 is 1.04 bits per heavy atom. The number of carbonyl (C=O) groups excluding carboxylic acids is 1. The van der Waals surface area contributed by atoms with E-state index in [0.717, 1.165) is 18.6 Å². The molecule has 0 radical (unpaired) electrons. The van der Waals surface area contributed by atoms with Crippen LogP contribution >= 0.6 is 0 Å². The molecule has 1 amide bonds. The number of hydrogen-bond acceptors (Lipinski definition) is 6.